The van der Waals surface area contributed by atoms with Crippen LogP contribution < -0.4 is 14.2 Å². The molecule has 2 aromatic carbocycles. The third-order valence-electron chi connectivity index (χ3n) is 6.54. The SMILES string of the molecule is CCN(CC)CCCN1C(=O)C(=O)/C(=C(/O)c2ccc(OC(C)C)cc2)[C@@H]1c1cc(OC)ccc1OC. The highest BCUT2D eigenvalue weighted by Crippen LogP contribution is 2.44. The minimum absolute atomic E-state index is 0.00152. The molecule has 1 atom stereocenters. The molecule has 1 fully saturated rings. The lowest BCUT2D eigenvalue weighted by atomic mass is 9.94. The Kier molecular flexibility index (Phi) is 9.58. The zero-order chi connectivity index (χ0) is 27.1. The van der Waals surface area contributed by atoms with E-state index in [9.17, 15) is 14.7 Å². The van der Waals surface area contributed by atoms with Crippen LogP contribution in [0.25, 0.3) is 5.76 Å². The highest BCUT2D eigenvalue weighted by molar-refractivity contribution is 6.46. The summed E-state index contributed by atoms with van der Waals surface area (Å²) in [5.74, 6) is 0.0890. The molecule has 0 saturated carbocycles. The summed E-state index contributed by atoms with van der Waals surface area (Å²) in [5.41, 5.74) is 1.02. The summed E-state index contributed by atoms with van der Waals surface area (Å²) in [7, 11) is 3.08. The van der Waals surface area contributed by atoms with E-state index in [1.807, 2.05) is 13.8 Å². The molecule has 8 nitrogen and oxygen atoms in total. The van der Waals surface area contributed by atoms with Gasteiger partial charge in [0, 0.05) is 17.7 Å². The van der Waals surface area contributed by atoms with Crippen molar-refractivity contribution in [2.75, 3.05) is 40.4 Å². The van der Waals surface area contributed by atoms with Crippen LogP contribution in [-0.2, 0) is 9.59 Å². The van der Waals surface area contributed by atoms with Crippen molar-refractivity contribution in [2.45, 2.75) is 46.3 Å². The zero-order valence-corrected chi connectivity index (χ0v) is 22.6. The van der Waals surface area contributed by atoms with Crippen molar-refractivity contribution in [1.29, 1.82) is 0 Å². The first kappa shape index (κ1) is 28.1. The van der Waals surface area contributed by atoms with Crippen LogP contribution in [0, 0.1) is 0 Å². The minimum Gasteiger partial charge on any atom is -0.507 e. The van der Waals surface area contributed by atoms with Crippen molar-refractivity contribution in [3.8, 4) is 17.2 Å². The van der Waals surface area contributed by atoms with E-state index in [0.29, 0.717) is 41.3 Å². The van der Waals surface area contributed by atoms with Crippen LogP contribution in [0.1, 0.15) is 51.3 Å². The number of aliphatic hydroxyl groups excluding tert-OH is 1. The van der Waals surface area contributed by atoms with Gasteiger partial charge in [0.25, 0.3) is 11.7 Å². The van der Waals surface area contributed by atoms with Gasteiger partial charge in [-0.2, -0.15) is 0 Å². The standard InChI is InChI=1S/C29H38N2O6/c1-7-30(8-2)16-9-17-31-26(23-18-22(35-5)14-15-24(23)36-6)25(28(33)29(31)34)27(32)20-10-12-21(13-11-20)37-19(3)4/h10-15,18-19,26,32H,7-9,16-17H2,1-6H3/b27-25+/t26-/m0/s1. The lowest BCUT2D eigenvalue weighted by Crippen LogP contribution is -2.33. The number of methoxy groups -OCH3 is 2. The highest BCUT2D eigenvalue weighted by atomic mass is 16.5. The molecule has 2 aromatic rings. The van der Waals surface area contributed by atoms with Crippen LogP contribution >= 0.6 is 0 Å². The molecule has 1 aliphatic heterocycles. The third kappa shape index (κ3) is 6.25. The van der Waals surface area contributed by atoms with Crippen LogP contribution in [0.5, 0.6) is 17.2 Å². The van der Waals surface area contributed by atoms with E-state index in [1.165, 1.54) is 12.0 Å². The van der Waals surface area contributed by atoms with E-state index in [4.69, 9.17) is 14.2 Å². The van der Waals surface area contributed by atoms with Gasteiger partial charge >= 0.3 is 0 Å². The molecular formula is C29H38N2O6. The molecule has 0 aromatic heterocycles. The lowest BCUT2D eigenvalue weighted by molar-refractivity contribution is -0.140. The largest absolute Gasteiger partial charge is 0.507 e. The van der Waals surface area contributed by atoms with E-state index in [1.54, 1.807) is 49.6 Å². The molecule has 0 aliphatic carbocycles. The van der Waals surface area contributed by atoms with E-state index in [2.05, 4.69) is 18.7 Å². The van der Waals surface area contributed by atoms with E-state index < -0.39 is 17.7 Å². The van der Waals surface area contributed by atoms with Gasteiger partial charge in [-0.3, -0.25) is 9.59 Å². The molecule has 1 heterocycles. The van der Waals surface area contributed by atoms with E-state index >= 15 is 0 Å². The number of aliphatic hydroxyl groups is 1. The second-order valence-corrected chi connectivity index (χ2v) is 9.17. The quantitative estimate of drug-likeness (QED) is 0.253. The van der Waals surface area contributed by atoms with Crippen LogP contribution in [-0.4, -0.2) is 73.1 Å². The number of amides is 1. The van der Waals surface area contributed by atoms with Crippen molar-refractivity contribution >= 4 is 17.4 Å². The fraction of sp³-hybridized carbons (Fsp3) is 0.448. The third-order valence-corrected chi connectivity index (χ3v) is 6.54. The molecule has 1 amide bonds. The molecule has 1 saturated heterocycles. The number of carbonyl (C=O) groups excluding carboxylic acids is 2. The first-order valence-electron chi connectivity index (χ1n) is 12.7. The van der Waals surface area contributed by atoms with Crippen LogP contribution in [0.15, 0.2) is 48.0 Å². The van der Waals surface area contributed by atoms with Gasteiger partial charge in [-0.25, -0.2) is 0 Å². The van der Waals surface area contributed by atoms with Gasteiger partial charge in [0.1, 0.15) is 23.0 Å². The number of rotatable bonds is 12. The summed E-state index contributed by atoms with van der Waals surface area (Å²) in [6.07, 6.45) is 0.681. The predicted molar refractivity (Wildman–Crippen MR) is 143 cm³/mol. The number of hydrogen-bond acceptors (Lipinski definition) is 7. The van der Waals surface area contributed by atoms with Gasteiger partial charge in [0.2, 0.25) is 0 Å². The topological polar surface area (TPSA) is 88.5 Å². The smallest absolute Gasteiger partial charge is 0.295 e. The zero-order valence-electron chi connectivity index (χ0n) is 22.6. The van der Waals surface area contributed by atoms with E-state index in [0.717, 1.165) is 19.6 Å². The maximum absolute atomic E-state index is 13.4. The Morgan fingerprint density at radius 3 is 2.22 bits per heavy atom. The molecule has 0 spiro atoms. The fourth-order valence-corrected chi connectivity index (χ4v) is 4.61. The van der Waals surface area contributed by atoms with Crippen molar-refractivity contribution in [3.63, 3.8) is 0 Å². The van der Waals surface area contributed by atoms with Crippen LogP contribution in [0.3, 0.4) is 0 Å². The van der Waals surface area contributed by atoms with Crippen molar-refractivity contribution < 1.29 is 28.9 Å². The molecule has 37 heavy (non-hydrogen) atoms. The minimum atomic E-state index is -0.826. The molecule has 0 radical (unpaired) electrons. The second kappa shape index (κ2) is 12.6. The van der Waals surface area contributed by atoms with E-state index in [-0.39, 0.29) is 17.4 Å². The molecule has 200 valence electrons. The highest BCUT2D eigenvalue weighted by Gasteiger charge is 2.47. The maximum Gasteiger partial charge on any atom is 0.295 e. The molecule has 0 unspecified atom stereocenters. The number of likely N-dealkylation sites (tertiary alicyclic amines) is 1. The summed E-state index contributed by atoms with van der Waals surface area (Å²) >= 11 is 0. The monoisotopic (exact) mass is 510 g/mol. The van der Waals surface area contributed by atoms with Crippen LogP contribution in [0.4, 0.5) is 0 Å². The van der Waals surface area contributed by atoms with Gasteiger partial charge in [-0.05, 0) is 82.4 Å². The molecular weight excluding hydrogens is 472 g/mol. The number of benzene rings is 2. The van der Waals surface area contributed by atoms with Gasteiger partial charge in [-0.1, -0.05) is 13.8 Å². The summed E-state index contributed by atoms with van der Waals surface area (Å²) in [6.45, 7) is 11.0. The Bertz CT molecular complexity index is 1120. The lowest BCUT2D eigenvalue weighted by Gasteiger charge is -2.28. The summed E-state index contributed by atoms with van der Waals surface area (Å²) in [4.78, 5) is 30.5. The molecule has 1 aliphatic rings. The normalized spacial score (nSPS) is 17.1. The van der Waals surface area contributed by atoms with Crippen molar-refractivity contribution in [2.24, 2.45) is 0 Å². The number of nitrogens with zero attached hydrogens (tertiary/aromatic N) is 2. The van der Waals surface area contributed by atoms with Gasteiger partial charge < -0.3 is 29.1 Å². The average molecular weight is 511 g/mol. The Morgan fingerprint density at radius 2 is 1.65 bits per heavy atom. The molecule has 0 bridgehead atoms. The Morgan fingerprint density at radius 1 is 1.00 bits per heavy atom. The van der Waals surface area contributed by atoms with Gasteiger partial charge in [0.15, 0.2) is 0 Å². The first-order valence-corrected chi connectivity index (χ1v) is 12.7. The Hall–Kier alpha value is -3.52. The van der Waals surface area contributed by atoms with Crippen molar-refractivity contribution in [3.05, 3.63) is 59.2 Å². The second-order valence-electron chi connectivity index (χ2n) is 9.17. The number of ketones is 1. The number of ether oxygens (including phenoxy) is 3. The predicted octanol–water partition coefficient (Wildman–Crippen LogP) is 4.64. The first-order chi connectivity index (χ1) is 17.7. The van der Waals surface area contributed by atoms with Crippen LogP contribution in [0.2, 0.25) is 0 Å². The maximum atomic E-state index is 13.4. The summed E-state index contributed by atoms with van der Waals surface area (Å²) < 4.78 is 16.7. The fourth-order valence-electron chi connectivity index (χ4n) is 4.61. The number of carbonyl (C=O) groups is 2. The molecule has 8 heteroatoms. The summed E-state index contributed by atoms with van der Waals surface area (Å²) in [5, 5.41) is 11.4. The number of Topliss-reactive ketones (excluding diaryl/α,β-unsaturated/α-hetero) is 1. The van der Waals surface area contributed by atoms with Gasteiger partial charge in [-0.15, -0.1) is 0 Å². The summed E-state index contributed by atoms with van der Waals surface area (Å²) in [6, 6.07) is 11.2. The van der Waals surface area contributed by atoms with Crippen molar-refractivity contribution in [1.82, 2.24) is 9.80 Å². The molecule has 1 N–H and O–H groups in total. The van der Waals surface area contributed by atoms with Gasteiger partial charge in [0.05, 0.1) is 31.9 Å². The Balaban J connectivity index is 2.10. The molecule has 3 rings (SSSR count). The average Bonchev–Trinajstić information content (AvgIpc) is 3.15. The Labute approximate surface area is 219 Å². The number of hydrogen-bond donors (Lipinski definition) is 1.